The number of hydrogen-bond acceptors (Lipinski definition) is 6. The summed E-state index contributed by atoms with van der Waals surface area (Å²) in [6.07, 6.45) is 3.48. The van der Waals surface area contributed by atoms with Gasteiger partial charge in [0.1, 0.15) is 16.6 Å². The van der Waals surface area contributed by atoms with E-state index in [2.05, 4.69) is 15.0 Å². The van der Waals surface area contributed by atoms with Crippen LogP contribution in [0.15, 0.2) is 94.8 Å². The van der Waals surface area contributed by atoms with Crippen molar-refractivity contribution in [3.63, 3.8) is 0 Å². The summed E-state index contributed by atoms with van der Waals surface area (Å²) >= 11 is 1.14. The van der Waals surface area contributed by atoms with E-state index in [4.69, 9.17) is 4.74 Å². The number of benzene rings is 2. The molecule has 0 spiro atoms. The predicted octanol–water partition coefficient (Wildman–Crippen LogP) is 4.45. The van der Waals surface area contributed by atoms with E-state index in [1.807, 2.05) is 36.4 Å². The molecule has 33 heavy (non-hydrogen) atoms. The molecule has 4 aromatic rings. The molecule has 9 heteroatoms. The van der Waals surface area contributed by atoms with Gasteiger partial charge in [0.2, 0.25) is 0 Å². The van der Waals surface area contributed by atoms with Crippen molar-refractivity contribution in [1.29, 1.82) is 0 Å². The number of hydrogen-bond donors (Lipinski definition) is 2. The van der Waals surface area contributed by atoms with Gasteiger partial charge in [0.15, 0.2) is 0 Å². The SMILES string of the molecule is O=C(NCc1ccc(OCc2cccnc2)cc1)c1ccc(NS(=O)(=O)c2cccs2)cc1. The van der Waals surface area contributed by atoms with Crippen molar-refractivity contribution in [1.82, 2.24) is 10.3 Å². The number of nitrogens with zero attached hydrogens (tertiary/aromatic N) is 1. The smallest absolute Gasteiger partial charge is 0.271 e. The van der Waals surface area contributed by atoms with Crippen LogP contribution in [-0.2, 0) is 23.2 Å². The van der Waals surface area contributed by atoms with E-state index in [1.165, 1.54) is 6.07 Å². The van der Waals surface area contributed by atoms with Crippen molar-refractivity contribution in [2.24, 2.45) is 0 Å². The Labute approximate surface area is 196 Å². The maximum absolute atomic E-state index is 12.4. The van der Waals surface area contributed by atoms with Gasteiger partial charge in [-0.25, -0.2) is 8.42 Å². The van der Waals surface area contributed by atoms with Gasteiger partial charge in [0, 0.05) is 35.8 Å². The van der Waals surface area contributed by atoms with Crippen LogP contribution in [0.3, 0.4) is 0 Å². The fourth-order valence-electron chi connectivity index (χ4n) is 2.95. The molecule has 0 aliphatic heterocycles. The molecule has 0 saturated heterocycles. The Bertz CT molecular complexity index is 1290. The number of sulfonamides is 1. The standard InChI is InChI=1S/C24H21N3O4S2/c28-24(20-7-9-21(10-8-20)27-33(29,30)23-4-2-14-32-23)26-16-18-5-11-22(12-6-18)31-17-19-3-1-13-25-15-19/h1-15,27H,16-17H2,(H,26,28). The van der Waals surface area contributed by atoms with Crippen LogP contribution < -0.4 is 14.8 Å². The molecule has 0 unspecified atom stereocenters. The van der Waals surface area contributed by atoms with Gasteiger partial charge in [-0.15, -0.1) is 11.3 Å². The molecule has 2 N–H and O–H groups in total. The van der Waals surface area contributed by atoms with Gasteiger partial charge in [0.25, 0.3) is 15.9 Å². The Hall–Kier alpha value is -3.69. The first-order valence-corrected chi connectivity index (χ1v) is 12.4. The molecule has 0 fully saturated rings. The number of rotatable bonds is 9. The van der Waals surface area contributed by atoms with Gasteiger partial charge >= 0.3 is 0 Å². The summed E-state index contributed by atoms with van der Waals surface area (Å²) in [4.78, 5) is 16.5. The number of nitrogens with one attached hydrogen (secondary N) is 2. The summed E-state index contributed by atoms with van der Waals surface area (Å²) in [6, 6.07) is 20.8. The van der Waals surface area contributed by atoms with Crippen molar-refractivity contribution in [2.45, 2.75) is 17.4 Å². The van der Waals surface area contributed by atoms with Crippen molar-refractivity contribution in [3.8, 4) is 5.75 Å². The summed E-state index contributed by atoms with van der Waals surface area (Å²) in [5.41, 5.74) is 2.74. The van der Waals surface area contributed by atoms with E-state index in [-0.39, 0.29) is 10.1 Å². The highest BCUT2D eigenvalue weighted by Gasteiger charge is 2.15. The van der Waals surface area contributed by atoms with Gasteiger partial charge in [-0.05, 0) is 59.5 Å². The third kappa shape index (κ3) is 6.18. The van der Waals surface area contributed by atoms with Crippen LogP contribution in [0.4, 0.5) is 5.69 Å². The predicted molar refractivity (Wildman–Crippen MR) is 128 cm³/mol. The summed E-state index contributed by atoms with van der Waals surface area (Å²) < 4.78 is 33.0. The quantitative estimate of drug-likeness (QED) is 0.370. The normalized spacial score (nSPS) is 11.0. The first kappa shape index (κ1) is 22.5. The molecule has 0 aliphatic rings. The highest BCUT2D eigenvalue weighted by molar-refractivity contribution is 7.94. The summed E-state index contributed by atoms with van der Waals surface area (Å²) in [7, 11) is -3.62. The number of carbonyl (C=O) groups excluding carboxylic acids is 1. The Kier molecular flexibility index (Phi) is 7.01. The zero-order valence-electron chi connectivity index (χ0n) is 17.5. The van der Waals surface area contributed by atoms with Crippen molar-refractivity contribution < 1.29 is 17.9 Å². The second-order valence-corrected chi connectivity index (χ2v) is 9.95. The molecule has 4 rings (SSSR count). The molecule has 2 aromatic heterocycles. The Balaban J connectivity index is 1.28. The lowest BCUT2D eigenvalue weighted by atomic mass is 10.1. The number of amides is 1. The molecule has 0 bridgehead atoms. The van der Waals surface area contributed by atoms with E-state index < -0.39 is 10.0 Å². The van der Waals surface area contributed by atoms with Gasteiger partial charge in [-0.3, -0.25) is 14.5 Å². The summed E-state index contributed by atoms with van der Waals surface area (Å²) in [5.74, 6) is 0.481. The highest BCUT2D eigenvalue weighted by Crippen LogP contribution is 2.20. The van der Waals surface area contributed by atoms with Crippen LogP contribution in [0, 0.1) is 0 Å². The Morgan fingerprint density at radius 3 is 2.39 bits per heavy atom. The van der Waals surface area contributed by atoms with Crippen LogP contribution in [0.25, 0.3) is 0 Å². The summed E-state index contributed by atoms with van der Waals surface area (Å²) in [5, 5.41) is 4.56. The van der Waals surface area contributed by atoms with Crippen LogP contribution >= 0.6 is 11.3 Å². The lowest BCUT2D eigenvalue weighted by molar-refractivity contribution is 0.0951. The summed E-state index contributed by atoms with van der Waals surface area (Å²) in [6.45, 7) is 0.790. The lowest BCUT2D eigenvalue weighted by Gasteiger charge is -2.09. The van der Waals surface area contributed by atoms with Crippen LogP contribution in [0.1, 0.15) is 21.5 Å². The third-order valence-electron chi connectivity index (χ3n) is 4.66. The minimum absolute atomic E-state index is 0.234. The molecule has 1 amide bonds. The van der Waals surface area contributed by atoms with E-state index in [0.29, 0.717) is 24.4 Å². The molecule has 7 nitrogen and oxygen atoms in total. The number of carbonyl (C=O) groups is 1. The molecule has 0 aliphatic carbocycles. The van der Waals surface area contributed by atoms with Crippen LogP contribution in [-0.4, -0.2) is 19.3 Å². The number of thiophene rings is 1. The van der Waals surface area contributed by atoms with E-state index in [0.717, 1.165) is 28.2 Å². The topological polar surface area (TPSA) is 97.4 Å². The number of anilines is 1. The van der Waals surface area contributed by atoms with Crippen molar-refractivity contribution >= 4 is 33.0 Å². The third-order valence-corrected chi connectivity index (χ3v) is 7.44. The van der Waals surface area contributed by atoms with Gasteiger partial charge in [-0.1, -0.05) is 24.3 Å². The molecule has 2 aromatic carbocycles. The minimum Gasteiger partial charge on any atom is -0.489 e. The van der Waals surface area contributed by atoms with Crippen molar-refractivity contribution in [2.75, 3.05) is 4.72 Å². The van der Waals surface area contributed by atoms with Gasteiger partial charge < -0.3 is 10.1 Å². The Morgan fingerprint density at radius 1 is 0.939 bits per heavy atom. The highest BCUT2D eigenvalue weighted by atomic mass is 32.2. The molecule has 0 atom stereocenters. The van der Waals surface area contributed by atoms with E-state index in [1.54, 1.807) is 48.1 Å². The first-order valence-electron chi connectivity index (χ1n) is 10.0. The molecular formula is C24H21N3O4S2. The first-order chi connectivity index (χ1) is 16.0. The largest absolute Gasteiger partial charge is 0.489 e. The van der Waals surface area contributed by atoms with Crippen LogP contribution in [0.2, 0.25) is 0 Å². The van der Waals surface area contributed by atoms with Gasteiger partial charge in [0.05, 0.1) is 0 Å². The Morgan fingerprint density at radius 2 is 1.73 bits per heavy atom. The zero-order chi connectivity index (χ0) is 23.1. The van der Waals surface area contributed by atoms with E-state index in [9.17, 15) is 13.2 Å². The fourth-order valence-corrected chi connectivity index (χ4v) is 5.00. The maximum atomic E-state index is 12.4. The molecule has 0 saturated carbocycles. The van der Waals surface area contributed by atoms with E-state index >= 15 is 0 Å². The van der Waals surface area contributed by atoms with Gasteiger partial charge in [-0.2, -0.15) is 0 Å². The van der Waals surface area contributed by atoms with Crippen molar-refractivity contribution in [3.05, 3.63) is 107 Å². The van der Waals surface area contributed by atoms with Crippen LogP contribution in [0.5, 0.6) is 5.75 Å². The second kappa shape index (κ2) is 10.3. The number of ether oxygens (including phenoxy) is 1. The molecular weight excluding hydrogens is 458 g/mol. The second-order valence-electron chi connectivity index (χ2n) is 7.09. The molecule has 168 valence electrons. The monoisotopic (exact) mass is 479 g/mol. The average molecular weight is 480 g/mol. The average Bonchev–Trinajstić information content (AvgIpc) is 3.39. The number of pyridine rings is 1. The maximum Gasteiger partial charge on any atom is 0.271 e. The zero-order valence-corrected chi connectivity index (χ0v) is 19.1. The fraction of sp³-hybridized carbons (Fsp3) is 0.0833. The molecule has 2 heterocycles. The minimum atomic E-state index is -3.62. The lowest BCUT2D eigenvalue weighted by Crippen LogP contribution is -2.22. The molecule has 0 radical (unpaired) electrons. The number of aromatic nitrogens is 1.